The van der Waals surface area contributed by atoms with Gasteiger partial charge in [-0.1, -0.05) is 50.2 Å². The highest BCUT2D eigenvalue weighted by molar-refractivity contribution is 7.89. The largest absolute Gasteiger partial charge is 0.304 e. The van der Waals surface area contributed by atoms with Gasteiger partial charge in [0.15, 0.2) is 0 Å². The van der Waals surface area contributed by atoms with Gasteiger partial charge in [0.2, 0.25) is 10.0 Å². The Morgan fingerprint density at radius 1 is 1.13 bits per heavy atom. The van der Waals surface area contributed by atoms with Crippen LogP contribution < -0.4 is 4.72 Å². The van der Waals surface area contributed by atoms with Crippen LogP contribution in [-0.2, 0) is 16.6 Å². The van der Waals surface area contributed by atoms with Crippen LogP contribution >= 0.6 is 11.3 Å². The summed E-state index contributed by atoms with van der Waals surface area (Å²) < 4.78 is 31.1. The maximum atomic E-state index is 13.3. The molecular formula is C23H32N4O2S2. The minimum atomic E-state index is -3.69. The SMILES string of the molecule is CCN(CC)CCCC(C)NS(=O)(=O)c1cn(Cc2ccccc2)nc1-c1cccs1. The van der Waals surface area contributed by atoms with E-state index in [-0.39, 0.29) is 10.9 Å². The number of thiophene rings is 1. The molecule has 3 rings (SSSR count). The van der Waals surface area contributed by atoms with Crippen molar-refractivity contribution in [1.82, 2.24) is 19.4 Å². The molecule has 1 aromatic carbocycles. The second-order valence-corrected chi connectivity index (χ2v) is 10.3. The van der Waals surface area contributed by atoms with Crippen LogP contribution in [0.5, 0.6) is 0 Å². The van der Waals surface area contributed by atoms with Crippen LogP contribution in [0.1, 0.15) is 39.2 Å². The van der Waals surface area contributed by atoms with E-state index in [1.807, 2.05) is 54.8 Å². The normalized spacial score (nSPS) is 13.0. The van der Waals surface area contributed by atoms with Gasteiger partial charge in [0.1, 0.15) is 10.6 Å². The topological polar surface area (TPSA) is 67.2 Å². The molecule has 0 bridgehead atoms. The van der Waals surface area contributed by atoms with Gasteiger partial charge >= 0.3 is 0 Å². The molecule has 6 nitrogen and oxygen atoms in total. The molecule has 168 valence electrons. The number of hydrogen-bond donors (Lipinski definition) is 1. The fraction of sp³-hybridized carbons (Fsp3) is 0.435. The van der Waals surface area contributed by atoms with Gasteiger partial charge in [-0.15, -0.1) is 11.3 Å². The summed E-state index contributed by atoms with van der Waals surface area (Å²) >= 11 is 1.49. The zero-order valence-electron chi connectivity index (χ0n) is 18.5. The highest BCUT2D eigenvalue weighted by atomic mass is 32.2. The molecule has 0 aliphatic heterocycles. The Bertz CT molecular complexity index is 1030. The third-order valence-corrected chi connectivity index (χ3v) is 7.79. The number of nitrogens with one attached hydrogen (secondary N) is 1. The van der Waals surface area contributed by atoms with Gasteiger partial charge < -0.3 is 4.90 Å². The molecule has 1 unspecified atom stereocenters. The average Bonchev–Trinajstić information content (AvgIpc) is 3.42. The second kappa shape index (κ2) is 11.0. The second-order valence-electron chi connectivity index (χ2n) is 7.69. The van der Waals surface area contributed by atoms with E-state index in [1.165, 1.54) is 11.3 Å². The smallest absolute Gasteiger partial charge is 0.244 e. The van der Waals surface area contributed by atoms with Crippen molar-refractivity contribution < 1.29 is 8.42 Å². The Hall–Kier alpha value is -2.00. The van der Waals surface area contributed by atoms with Gasteiger partial charge in [0.05, 0.1) is 11.4 Å². The lowest BCUT2D eigenvalue weighted by atomic mass is 10.2. The first kappa shape index (κ1) is 23.7. The minimum absolute atomic E-state index is 0.144. The van der Waals surface area contributed by atoms with E-state index in [4.69, 9.17) is 0 Å². The van der Waals surface area contributed by atoms with Crippen molar-refractivity contribution in [3.63, 3.8) is 0 Å². The van der Waals surface area contributed by atoms with Crippen molar-refractivity contribution in [2.24, 2.45) is 0 Å². The first-order valence-electron chi connectivity index (χ1n) is 10.8. The number of rotatable bonds is 12. The van der Waals surface area contributed by atoms with Crippen molar-refractivity contribution in [3.8, 4) is 10.6 Å². The summed E-state index contributed by atoms with van der Waals surface area (Å²) in [7, 11) is -3.69. The number of hydrogen-bond acceptors (Lipinski definition) is 5. The van der Waals surface area contributed by atoms with Crippen LogP contribution in [0.4, 0.5) is 0 Å². The summed E-state index contributed by atoms with van der Waals surface area (Å²) in [6.07, 6.45) is 3.39. The van der Waals surface area contributed by atoms with Crippen molar-refractivity contribution in [3.05, 3.63) is 59.6 Å². The van der Waals surface area contributed by atoms with Crippen molar-refractivity contribution >= 4 is 21.4 Å². The molecule has 0 radical (unpaired) electrons. The maximum absolute atomic E-state index is 13.3. The predicted molar refractivity (Wildman–Crippen MR) is 128 cm³/mol. The summed E-state index contributed by atoms with van der Waals surface area (Å²) in [6, 6.07) is 13.6. The van der Waals surface area contributed by atoms with Gasteiger partial charge in [-0.3, -0.25) is 4.68 Å². The van der Waals surface area contributed by atoms with E-state index in [9.17, 15) is 8.42 Å². The van der Waals surface area contributed by atoms with E-state index in [0.29, 0.717) is 12.2 Å². The number of sulfonamides is 1. The van der Waals surface area contributed by atoms with Crippen molar-refractivity contribution in [2.75, 3.05) is 19.6 Å². The summed E-state index contributed by atoms with van der Waals surface area (Å²) in [6.45, 7) is 9.76. The van der Waals surface area contributed by atoms with Gasteiger partial charge in [0, 0.05) is 12.2 Å². The van der Waals surface area contributed by atoms with Gasteiger partial charge in [-0.25, -0.2) is 13.1 Å². The quantitative estimate of drug-likeness (QED) is 0.434. The number of benzene rings is 1. The molecule has 2 aromatic heterocycles. The highest BCUT2D eigenvalue weighted by Gasteiger charge is 2.26. The van der Waals surface area contributed by atoms with E-state index in [0.717, 1.165) is 42.9 Å². The van der Waals surface area contributed by atoms with Gasteiger partial charge in [-0.2, -0.15) is 5.10 Å². The standard InChI is InChI=1S/C23H32N4O2S2/c1-4-26(5-2)15-9-11-19(3)25-31(28,29)22-18-27(17-20-12-7-6-8-13-20)24-23(22)21-14-10-16-30-21/h6-8,10,12-14,16,18-19,25H,4-5,9,11,15,17H2,1-3H3. The molecule has 0 saturated carbocycles. The lowest BCUT2D eigenvalue weighted by Gasteiger charge is -2.19. The summed E-state index contributed by atoms with van der Waals surface area (Å²) in [4.78, 5) is 3.44. The molecule has 2 heterocycles. The maximum Gasteiger partial charge on any atom is 0.244 e. The zero-order chi connectivity index (χ0) is 22.3. The number of nitrogens with zero attached hydrogens (tertiary/aromatic N) is 3. The molecule has 0 aliphatic carbocycles. The molecule has 1 atom stereocenters. The molecule has 3 aromatic rings. The zero-order valence-corrected chi connectivity index (χ0v) is 20.1. The van der Waals surface area contributed by atoms with Crippen molar-refractivity contribution in [2.45, 2.75) is 51.1 Å². The lowest BCUT2D eigenvalue weighted by molar-refractivity contribution is 0.293. The molecule has 31 heavy (non-hydrogen) atoms. The number of aromatic nitrogens is 2. The van der Waals surface area contributed by atoms with E-state index in [2.05, 4.69) is 28.6 Å². The lowest BCUT2D eigenvalue weighted by Crippen LogP contribution is -2.33. The summed E-state index contributed by atoms with van der Waals surface area (Å²) in [5.74, 6) is 0. The van der Waals surface area contributed by atoms with Crippen LogP contribution in [0.15, 0.2) is 58.9 Å². The van der Waals surface area contributed by atoms with Crippen LogP contribution in [-0.4, -0.2) is 48.8 Å². The van der Waals surface area contributed by atoms with E-state index in [1.54, 1.807) is 10.9 Å². The molecule has 0 amide bonds. The van der Waals surface area contributed by atoms with E-state index >= 15 is 0 Å². The Morgan fingerprint density at radius 3 is 2.52 bits per heavy atom. The highest BCUT2D eigenvalue weighted by Crippen LogP contribution is 2.30. The Kier molecular flexibility index (Phi) is 8.43. The monoisotopic (exact) mass is 460 g/mol. The van der Waals surface area contributed by atoms with Crippen LogP contribution in [0.25, 0.3) is 10.6 Å². The van der Waals surface area contributed by atoms with Gasteiger partial charge in [-0.05, 0) is 56.4 Å². The first-order valence-corrected chi connectivity index (χ1v) is 13.2. The summed E-state index contributed by atoms with van der Waals surface area (Å²) in [5, 5.41) is 6.57. The molecule has 0 aliphatic rings. The Labute approximate surface area is 190 Å². The van der Waals surface area contributed by atoms with E-state index < -0.39 is 10.0 Å². The molecule has 0 spiro atoms. The van der Waals surface area contributed by atoms with Crippen LogP contribution in [0.2, 0.25) is 0 Å². The summed E-state index contributed by atoms with van der Waals surface area (Å²) in [5.41, 5.74) is 1.58. The fourth-order valence-corrected chi connectivity index (χ4v) is 5.81. The predicted octanol–water partition coefficient (Wildman–Crippen LogP) is 4.45. The average molecular weight is 461 g/mol. The fourth-order valence-electron chi connectivity index (χ4n) is 3.58. The Balaban J connectivity index is 1.77. The van der Waals surface area contributed by atoms with Crippen LogP contribution in [0, 0.1) is 0 Å². The van der Waals surface area contributed by atoms with Crippen LogP contribution in [0.3, 0.4) is 0 Å². The molecule has 8 heteroatoms. The minimum Gasteiger partial charge on any atom is -0.304 e. The molecule has 1 N–H and O–H groups in total. The van der Waals surface area contributed by atoms with Gasteiger partial charge in [0.25, 0.3) is 0 Å². The third-order valence-electron chi connectivity index (χ3n) is 5.32. The first-order chi connectivity index (χ1) is 14.9. The van der Waals surface area contributed by atoms with Crippen molar-refractivity contribution in [1.29, 1.82) is 0 Å². The Morgan fingerprint density at radius 2 is 1.87 bits per heavy atom. The molecule has 0 fully saturated rings. The third kappa shape index (κ3) is 6.49. The molecule has 0 saturated heterocycles. The molecular weight excluding hydrogens is 428 g/mol.